The summed E-state index contributed by atoms with van der Waals surface area (Å²) in [5.41, 5.74) is 3.76. The number of anilines is 1. The lowest BCUT2D eigenvalue weighted by Gasteiger charge is -2.31. The topological polar surface area (TPSA) is 74.4 Å². The number of aliphatic hydroxyl groups is 1. The molecule has 0 amide bonds. The number of likely N-dealkylation sites (tertiary alicyclic amines) is 1. The molecule has 1 saturated heterocycles. The van der Waals surface area contributed by atoms with Crippen molar-refractivity contribution in [1.29, 1.82) is 0 Å². The average Bonchev–Trinajstić information content (AvgIpc) is 2.39. The van der Waals surface area contributed by atoms with Crippen LogP contribution in [0.3, 0.4) is 0 Å². The molecule has 17 heavy (non-hydrogen) atoms. The van der Waals surface area contributed by atoms with E-state index in [4.69, 9.17) is 5.84 Å². The number of pyridine rings is 1. The van der Waals surface area contributed by atoms with Crippen LogP contribution in [0.1, 0.15) is 18.4 Å². The molecule has 0 aliphatic carbocycles. The molecule has 0 saturated carbocycles. The average molecular weight is 236 g/mol. The van der Waals surface area contributed by atoms with Gasteiger partial charge in [-0.2, -0.15) is 0 Å². The predicted octanol–water partition coefficient (Wildman–Crippen LogP) is 0.571. The van der Waals surface area contributed by atoms with Crippen molar-refractivity contribution in [2.45, 2.75) is 19.4 Å². The predicted molar refractivity (Wildman–Crippen MR) is 67.1 cm³/mol. The van der Waals surface area contributed by atoms with Gasteiger partial charge in [-0.15, -0.1) is 0 Å². The highest BCUT2D eigenvalue weighted by Crippen LogP contribution is 2.18. The Balaban J connectivity index is 1.95. The maximum Gasteiger partial charge on any atom is 0.140 e. The number of hydrogen-bond acceptors (Lipinski definition) is 5. The summed E-state index contributed by atoms with van der Waals surface area (Å²) in [5.74, 6) is 6.46. The van der Waals surface area contributed by atoms with E-state index in [0.717, 1.165) is 32.5 Å². The van der Waals surface area contributed by atoms with E-state index in [1.54, 1.807) is 6.20 Å². The van der Waals surface area contributed by atoms with Gasteiger partial charge in [0.15, 0.2) is 0 Å². The van der Waals surface area contributed by atoms with Crippen molar-refractivity contribution in [3.63, 3.8) is 0 Å². The van der Waals surface area contributed by atoms with Gasteiger partial charge >= 0.3 is 0 Å². The van der Waals surface area contributed by atoms with Gasteiger partial charge in [-0.1, -0.05) is 0 Å². The molecular weight excluding hydrogens is 216 g/mol. The summed E-state index contributed by atoms with van der Waals surface area (Å²) in [5, 5.41) is 9.19. The van der Waals surface area contributed by atoms with Gasteiger partial charge in [-0.3, -0.25) is 4.90 Å². The number of nitrogens with one attached hydrogen (secondary N) is 1. The van der Waals surface area contributed by atoms with Crippen LogP contribution in [0.4, 0.5) is 5.82 Å². The first kappa shape index (κ1) is 12.3. The molecule has 2 rings (SSSR count). The van der Waals surface area contributed by atoms with Crippen molar-refractivity contribution < 1.29 is 5.11 Å². The van der Waals surface area contributed by atoms with E-state index in [9.17, 15) is 5.11 Å². The molecule has 2 heterocycles. The minimum atomic E-state index is 0.294. The lowest BCUT2D eigenvalue weighted by atomic mass is 9.99. The molecular formula is C12H20N4O. The zero-order chi connectivity index (χ0) is 12.1. The van der Waals surface area contributed by atoms with Crippen molar-refractivity contribution in [2.24, 2.45) is 11.8 Å². The number of piperidine rings is 1. The van der Waals surface area contributed by atoms with E-state index in [-0.39, 0.29) is 0 Å². The molecule has 1 atom stereocenters. The van der Waals surface area contributed by atoms with Crippen molar-refractivity contribution in [3.8, 4) is 0 Å². The normalized spacial score (nSPS) is 21.4. The van der Waals surface area contributed by atoms with Crippen LogP contribution in [0.15, 0.2) is 18.3 Å². The molecule has 94 valence electrons. The Labute approximate surface area is 102 Å². The smallest absolute Gasteiger partial charge is 0.140 e. The van der Waals surface area contributed by atoms with E-state index in [1.807, 2.05) is 12.1 Å². The first-order valence-corrected chi connectivity index (χ1v) is 6.06. The quantitative estimate of drug-likeness (QED) is 0.526. The largest absolute Gasteiger partial charge is 0.396 e. The standard InChI is InChI=1S/C12H20N4O/c13-15-12-6-10(3-4-14-12)7-16-5-1-2-11(8-16)9-17/h3-4,6,11,17H,1-2,5,7-9,13H2,(H,14,15). The highest BCUT2D eigenvalue weighted by Gasteiger charge is 2.19. The number of nitrogen functional groups attached to an aromatic ring is 1. The molecule has 5 heteroatoms. The minimum absolute atomic E-state index is 0.294. The van der Waals surface area contributed by atoms with Crippen LogP contribution in [-0.2, 0) is 6.54 Å². The molecule has 1 aromatic rings. The highest BCUT2D eigenvalue weighted by atomic mass is 16.3. The van der Waals surface area contributed by atoms with E-state index in [1.165, 1.54) is 5.56 Å². The van der Waals surface area contributed by atoms with Crippen molar-refractivity contribution in [3.05, 3.63) is 23.9 Å². The maximum absolute atomic E-state index is 9.19. The number of aliphatic hydroxyl groups excluding tert-OH is 1. The van der Waals surface area contributed by atoms with Crippen molar-refractivity contribution in [2.75, 3.05) is 25.1 Å². The number of rotatable bonds is 4. The Kier molecular flexibility index (Phi) is 4.30. The van der Waals surface area contributed by atoms with Gasteiger partial charge in [0.2, 0.25) is 0 Å². The minimum Gasteiger partial charge on any atom is -0.396 e. The summed E-state index contributed by atoms with van der Waals surface area (Å²) in [4.78, 5) is 6.46. The summed E-state index contributed by atoms with van der Waals surface area (Å²) in [6.45, 7) is 3.27. The second-order valence-electron chi connectivity index (χ2n) is 4.62. The van der Waals surface area contributed by atoms with Crippen molar-refractivity contribution >= 4 is 5.82 Å². The van der Waals surface area contributed by atoms with Crippen LogP contribution in [0.25, 0.3) is 0 Å². The summed E-state index contributed by atoms with van der Waals surface area (Å²) in [6.07, 6.45) is 4.06. The molecule has 5 nitrogen and oxygen atoms in total. The van der Waals surface area contributed by atoms with Crippen LogP contribution in [-0.4, -0.2) is 34.7 Å². The maximum atomic E-state index is 9.19. The number of hydrazine groups is 1. The van der Waals surface area contributed by atoms with Gasteiger partial charge in [0.05, 0.1) is 0 Å². The Hall–Kier alpha value is -1.17. The van der Waals surface area contributed by atoms with Gasteiger partial charge in [-0.05, 0) is 43.0 Å². The van der Waals surface area contributed by atoms with Gasteiger partial charge < -0.3 is 10.5 Å². The third kappa shape index (κ3) is 3.39. The Bertz CT molecular complexity index is 358. The zero-order valence-corrected chi connectivity index (χ0v) is 9.97. The fourth-order valence-electron chi connectivity index (χ4n) is 2.35. The van der Waals surface area contributed by atoms with Crippen LogP contribution in [0.2, 0.25) is 0 Å². The summed E-state index contributed by atoms with van der Waals surface area (Å²) >= 11 is 0. The molecule has 4 N–H and O–H groups in total. The van der Waals surface area contributed by atoms with Crippen LogP contribution >= 0.6 is 0 Å². The Morgan fingerprint density at radius 1 is 1.59 bits per heavy atom. The van der Waals surface area contributed by atoms with Crippen LogP contribution < -0.4 is 11.3 Å². The first-order chi connectivity index (χ1) is 8.31. The van der Waals surface area contributed by atoms with E-state index in [0.29, 0.717) is 18.3 Å². The van der Waals surface area contributed by atoms with E-state index >= 15 is 0 Å². The molecule has 0 spiro atoms. The summed E-state index contributed by atoms with van der Waals surface area (Å²) in [7, 11) is 0. The van der Waals surface area contributed by atoms with E-state index in [2.05, 4.69) is 15.3 Å². The third-order valence-electron chi connectivity index (χ3n) is 3.24. The highest BCUT2D eigenvalue weighted by molar-refractivity contribution is 5.35. The van der Waals surface area contributed by atoms with Gasteiger partial charge in [0.25, 0.3) is 0 Å². The Morgan fingerprint density at radius 3 is 3.24 bits per heavy atom. The summed E-state index contributed by atoms with van der Waals surface area (Å²) < 4.78 is 0. The van der Waals surface area contributed by atoms with Crippen LogP contribution in [0.5, 0.6) is 0 Å². The van der Waals surface area contributed by atoms with Gasteiger partial charge in [0, 0.05) is 25.9 Å². The van der Waals surface area contributed by atoms with Gasteiger partial charge in [0.1, 0.15) is 5.82 Å². The van der Waals surface area contributed by atoms with Crippen molar-refractivity contribution in [1.82, 2.24) is 9.88 Å². The number of aromatic nitrogens is 1. The second kappa shape index (κ2) is 5.95. The molecule has 1 aromatic heterocycles. The fourth-order valence-corrected chi connectivity index (χ4v) is 2.35. The van der Waals surface area contributed by atoms with Gasteiger partial charge in [-0.25, -0.2) is 10.8 Å². The number of hydrogen-bond donors (Lipinski definition) is 3. The van der Waals surface area contributed by atoms with E-state index < -0.39 is 0 Å². The number of nitrogens with two attached hydrogens (primary N) is 1. The fraction of sp³-hybridized carbons (Fsp3) is 0.583. The molecule has 0 radical (unpaired) electrons. The lowest BCUT2D eigenvalue weighted by Crippen LogP contribution is -2.36. The Morgan fingerprint density at radius 2 is 2.47 bits per heavy atom. The molecule has 1 fully saturated rings. The summed E-state index contributed by atoms with van der Waals surface area (Å²) in [6, 6.07) is 3.96. The zero-order valence-electron chi connectivity index (χ0n) is 9.97. The van der Waals surface area contributed by atoms with Crippen LogP contribution in [0, 0.1) is 5.92 Å². The molecule has 1 unspecified atom stereocenters. The third-order valence-corrected chi connectivity index (χ3v) is 3.24. The monoisotopic (exact) mass is 236 g/mol. The molecule has 0 aromatic carbocycles. The SMILES string of the molecule is NNc1cc(CN2CCCC(CO)C2)ccn1. The lowest BCUT2D eigenvalue weighted by molar-refractivity contribution is 0.116. The molecule has 1 aliphatic rings. The first-order valence-electron chi connectivity index (χ1n) is 6.06. The number of nitrogens with zero attached hydrogens (tertiary/aromatic N) is 2. The molecule has 1 aliphatic heterocycles. The second-order valence-corrected chi connectivity index (χ2v) is 4.62. The molecule has 0 bridgehead atoms.